The molecular formula is C25H30ClFN2O. The van der Waals surface area contributed by atoms with Crippen molar-refractivity contribution in [1.29, 1.82) is 0 Å². The van der Waals surface area contributed by atoms with Gasteiger partial charge in [-0.15, -0.1) is 0 Å². The SMILES string of the molecule is CC(C)(C)C(=O)Nc1ccc(F)cc1C1CCN(C/C=C/c2ccc(Cl)cc2)CC1. The smallest absolute Gasteiger partial charge is 0.229 e. The lowest BCUT2D eigenvalue weighted by molar-refractivity contribution is -0.123. The molecule has 0 atom stereocenters. The van der Waals surface area contributed by atoms with Crippen LogP contribution in [-0.2, 0) is 4.79 Å². The number of piperidine rings is 1. The Morgan fingerprint density at radius 3 is 2.47 bits per heavy atom. The fourth-order valence-electron chi connectivity index (χ4n) is 3.63. The molecule has 160 valence electrons. The average molecular weight is 429 g/mol. The van der Waals surface area contributed by atoms with Crippen molar-refractivity contribution in [2.75, 3.05) is 25.0 Å². The summed E-state index contributed by atoms with van der Waals surface area (Å²) in [4.78, 5) is 14.8. The van der Waals surface area contributed by atoms with Gasteiger partial charge in [-0.2, -0.15) is 0 Å². The highest BCUT2D eigenvalue weighted by atomic mass is 35.5. The molecule has 1 saturated heterocycles. The predicted octanol–water partition coefficient (Wildman–Crippen LogP) is 6.36. The van der Waals surface area contributed by atoms with Gasteiger partial charge in [0.05, 0.1) is 0 Å². The van der Waals surface area contributed by atoms with E-state index >= 15 is 0 Å². The zero-order chi connectivity index (χ0) is 21.7. The van der Waals surface area contributed by atoms with E-state index in [9.17, 15) is 9.18 Å². The Bertz CT molecular complexity index is 894. The van der Waals surface area contributed by atoms with Gasteiger partial charge >= 0.3 is 0 Å². The first-order chi connectivity index (χ1) is 14.2. The second-order valence-corrected chi connectivity index (χ2v) is 9.40. The molecule has 0 bridgehead atoms. The van der Waals surface area contributed by atoms with Gasteiger partial charge in [0.1, 0.15) is 5.82 Å². The monoisotopic (exact) mass is 428 g/mol. The summed E-state index contributed by atoms with van der Waals surface area (Å²) < 4.78 is 14.0. The minimum atomic E-state index is -0.495. The first-order valence-corrected chi connectivity index (χ1v) is 10.9. The molecule has 2 aromatic carbocycles. The number of hydrogen-bond acceptors (Lipinski definition) is 2. The van der Waals surface area contributed by atoms with Crippen molar-refractivity contribution < 1.29 is 9.18 Å². The van der Waals surface area contributed by atoms with Crippen LogP contribution in [0.2, 0.25) is 5.02 Å². The number of amides is 1. The van der Waals surface area contributed by atoms with Crippen LogP contribution in [-0.4, -0.2) is 30.4 Å². The lowest BCUT2D eigenvalue weighted by atomic mass is 9.87. The summed E-state index contributed by atoms with van der Waals surface area (Å²) in [5.74, 6) is -0.0697. The van der Waals surface area contributed by atoms with Gasteiger partial charge in [-0.3, -0.25) is 9.69 Å². The van der Waals surface area contributed by atoms with Crippen LogP contribution >= 0.6 is 11.6 Å². The molecule has 3 nitrogen and oxygen atoms in total. The molecule has 1 fully saturated rings. The van der Waals surface area contributed by atoms with Crippen molar-refractivity contribution in [2.45, 2.75) is 39.5 Å². The van der Waals surface area contributed by atoms with Gasteiger partial charge in [-0.25, -0.2) is 4.39 Å². The van der Waals surface area contributed by atoms with E-state index < -0.39 is 5.41 Å². The molecule has 5 heteroatoms. The predicted molar refractivity (Wildman–Crippen MR) is 123 cm³/mol. The summed E-state index contributed by atoms with van der Waals surface area (Å²) >= 11 is 5.92. The highest BCUT2D eigenvalue weighted by molar-refractivity contribution is 6.30. The van der Waals surface area contributed by atoms with Gasteiger partial charge in [0.2, 0.25) is 5.91 Å². The number of carbonyl (C=O) groups is 1. The fourth-order valence-corrected chi connectivity index (χ4v) is 3.76. The van der Waals surface area contributed by atoms with Crippen molar-refractivity contribution in [3.8, 4) is 0 Å². The van der Waals surface area contributed by atoms with E-state index in [-0.39, 0.29) is 17.6 Å². The maximum absolute atomic E-state index is 14.0. The van der Waals surface area contributed by atoms with E-state index in [0.29, 0.717) is 0 Å². The molecule has 0 saturated carbocycles. The lowest BCUT2D eigenvalue weighted by Crippen LogP contribution is -2.33. The van der Waals surface area contributed by atoms with Crippen LogP contribution in [0, 0.1) is 11.2 Å². The van der Waals surface area contributed by atoms with E-state index in [1.807, 2.05) is 45.0 Å². The molecule has 0 unspecified atom stereocenters. The minimum absolute atomic E-state index is 0.0554. The molecule has 3 rings (SSSR count). The summed E-state index contributed by atoms with van der Waals surface area (Å²) in [5.41, 5.74) is 2.28. The number of nitrogens with zero attached hydrogens (tertiary/aromatic N) is 1. The number of anilines is 1. The Kier molecular flexibility index (Phi) is 7.32. The van der Waals surface area contributed by atoms with Crippen molar-refractivity contribution >= 4 is 29.3 Å². The first kappa shape index (κ1) is 22.5. The van der Waals surface area contributed by atoms with Gasteiger partial charge in [0.25, 0.3) is 0 Å². The van der Waals surface area contributed by atoms with Crippen LogP contribution < -0.4 is 5.32 Å². The van der Waals surface area contributed by atoms with E-state index in [1.54, 1.807) is 12.1 Å². The molecule has 0 aromatic heterocycles. The summed E-state index contributed by atoms with van der Waals surface area (Å²) in [6, 6.07) is 12.5. The second kappa shape index (κ2) is 9.76. The Balaban J connectivity index is 1.59. The van der Waals surface area contributed by atoms with Crippen molar-refractivity contribution in [3.63, 3.8) is 0 Å². The summed E-state index contributed by atoms with van der Waals surface area (Å²) in [5, 5.41) is 3.74. The van der Waals surface area contributed by atoms with Crippen LogP contribution in [0.3, 0.4) is 0 Å². The molecular weight excluding hydrogens is 399 g/mol. The maximum atomic E-state index is 14.0. The molecule has 0 radical (unpaired) electrons. The minimum Gasteiger partial charge on any atom is -0.325 e. The first-order valence-electron chi connectivity index (χ1n) is 10.5. The third-order valence-electron chi connectivity index (χ3n) is 5.51. The van der Waals surface area contributed by atoms with Crippen LogP contribution in [0.4, 0.5) is 10.1 Å². The number of benzene rings is 2. The Morgan fingerprint density at radius 2 is 1.83 bits per heavy atom. The molecule has 0 aliphatic carbocycles. The van der Waals surface area contributed by atoms with Crippen LogP contribution in [0.1, 0.15) is 50.7 Å². The largest absolute Gasteiger partial charge is 0.325 e. The highest BCUT2D eigenvalue weighted by Gasteiger charge is 2.26. The highest BCUT2D eigenvalue weighted by Crippen LogP contribution is 2.34. The summed E-state index contributed by atoms with van der Waals surface area (Å²) in [6.07, 6.45) is 6.16. The number of hydrogen-bond donors (Lipinski definition) is 1. The molecule has 1 aliphatic rings. The van der Waals surface area contributed by atoms with E-state index in [2.05, 4.69) is 22.4 Å². The summed E-state index contributed by atoms with van der Waals surface area (Å²) in [6.45, 7) is 8.40. The zero-order valence-electron chi connectivity index (χ0n) is 17.9. The third kappa shape index (κ3) is 6.16. The molecule has 1 aliphatic heterocycles. The number of likely N-dealkylation sites (tertiary alicyclic amines) is 1. The van der Waals surface area contributed by atoms with Gasteiger partial charge in [0.15, 0.2) is 0 Å². The fraction of sp³-hybridized carbons (Fsp3) is 0.400. The lowest BCUT2D eigenvalue weighted by Gasteiger charge is -2.32. The normalized spacial score (nSPS) is 16.2. The van der Waals surface area contributed by atoms with E-state index in [4.69, 9.17) is 11.6 Å². The zero-order valence-corrected chi connectivity index (χ0v) is 18.7. The molecule has 0 spiro atoms. The standard InChI is InChI=1S/C25H30ClFN2O/c1-25(2,3)24(30)28-23-11-10-21(27)17-22(23)19-12-15-29(16-13-19)14-4-5-18-6-8-20(26)9-7-18/h4-11,17,19H,12-16H2,1-3H3,(H,28,30)/b5-4+. The Hall–Kier alpha value is -2.17. The molecule has 1 amide bonds. The van der Waals surface area contributed by atoms with Gasteiger partial charge < -0.3 is 5.32 Å². The Labute approximate surface area is 183 Å². The van der Waals surface area contributed by atoms with Gasteiger partial charge in [0, 0.05) is 22.7 Å². The number of halogens is 2. The molecule has 1 heterocycles. The van der Waals surface area contributed by atoms with E-state index in [1.165, 1.54) is 6.07 Å². The number of carbonyl (C=O) groups excluding carboxylic acids is 1. The van der Waals surface area contributed by atoms with Crippen LogP contribution in [0.15, 0.2) is 48.5 Å². The van der Waals surface area contributed by atoms with E-state index in [0.717, 1.165) is 54.3 Å². The summed E-state index contributed by atoms with van der Waals surface area (Å²) in [7, 11) is 0. The van der Waals surface area contributed by atoms with Crippen molar-refractivity contribution in [3.05, 3.63) is 70.5 Å². The molecule has 1 N–H and O–H groups in total. The van der Waals surface area contributed by atoms with Crippen molar-refractivity contribution in [2.24, 2.45) is 5.41 Å². The van der Waals surface area contributed by atoms with Crippen LogP contribution in [0.25, 0.3) is 6.08 Å². The number of rotatable bonds is 5. The van der Waals surface area contributed by atoms with Crippen molar-refractivity contribution in [1.82, 2.24) is 4.90 Å². The Morgan fingerprint density at radius 1 is 1.17 bits per heavy atom. The maximum Gasteiger partial charge on any atom is 0.229 e. The van der Waals surface area contributed by atoms with Gasteiger partial charge in [-0.05, 0) is 73.3 Å². The number of nitrogens with one attached hydrogen (secondary N) is 1. The second-order valence-electron chi connectivity index (χ2n) is 8.96. The third-order valence-corrected chi connectivity index (χ3v) is 5.77. The van der Waals surface area contributed by atoms with Crippen LogP contribution in [0.5, 0.6) is 0 Å². The topological polar surface area (TPSA) is 32.3 Å². The molecule has 30 heavy (non-hydrogen) atoms. The average Bonchev–Trinajstić information content (AvgIpc) is 2.70. The quantitative estimate of drug-likeness (QED) is 0.601. The molecule has 2 aromatic rings. The van der Waals surface area contributed by atoms with Gasteiger partial charge in [-0.1, -0.05) is 56.7 Å².